The SMILES string of the molecule is CCNC(=NCc1ccc(N2CCCC2=O)cc1)NCC(c1c(F)cccc1F)N(C)C. The van der Waals surface area contributed by atoms with Crippen LogP contribution in [0.5, 0.6) is 0 Å². The van der Waals surface area contributed by atoms with Crippen molar-refractivity contribution in [2.24, 2.45) is 4.99 Å². The number of hydrogen-bond donors (Lipinski definition) is 2. The third-order valence-corrected chi connectivity index (χ3v) is 5.50. The number of aliphatic imine (C=N–C) groups is 1. The van der Waals surface area contributed by atoms with Crippen LogP contribution in [-0.4, -0.2) is 50.5 Å². The highest BCUT2D eigenvalue weighted by Crippen LogP contribution is 2.24. The van der Waals surface area contributed by atoms with E-state index >= 15 is 0 Å². The van der Waals surface area contributed by atoms with Crippen LogP contribution in [-0.2, 0) is 11.3 Å². The maximum atomic E-state index is 14.3. The van der Waals surface area contributed by atoms with Crippen molar-refractivity contribution in [1.82, 2.24) is 15.5 Å². The lowest BCUT2D eigenvalue weighted by molar-refractivity contribution is -0.117. The van der Waals surface area contributed by atoms with Crippen molar-refractivity contribution in [1.29, 1.82) is 0 Å². The van der Waals surface area contributed by atoms with E-state index in [2.05, 4.69) is 15.6 Å². The summed E-state index contributed by atoms with van der Waals surface area (Å²) in [7, 11) is 3.57. The molecule has 1 amide bonds. The molecule has 1 saturated heterocycles. The van der Waals surface area contributed by atoms with Crippen LogP contribution < -0.4 is 15.5 Å². The van der Waals surface area contributed by atoms with E-state index in [1.165, 1.54) is 18.2 Å². The van der Waals surface area contributed by atoms with Gasteiger partial charge in [-0.1, -0.05) is 18.2 Å². The lowest BCUT2D eigenvalue weighted by Gasteiger charge is -2.26. The number of amides is 1. The molecule has 172 valence electrons. The van der Waals surface area contributed by atoms with Gasteiger partial charge in [0.2, 0.25) is 5.91 Å². The summed E-state index contributed by atoms with van der Waals surface area (Å²) >= 11 is 0. The van der Waals surface area contributed by atoms with Gasteiger partial charge < -0.3 is 20.4 Å². The molecule has 0 saturated carbocycles. The number of carbonyl (C=O) groups is 1. The van der Waals surface area contributed by atoms with Gasteiger partial charge in [-0.15, -0.1) is 0 Å². The molecule has 8 heteroatoms. The second-order valence-electron chi connectivity index (χ2n) is 8.01. The summed E-state index contributed by atoms with van der Waals surface area (Å²) in [6.45, 7) is 4.10. The number of rotatable bonds is 8. The second kappa shape index (κ2) is 11.0. The molecule has 6 nitrogen and oxygen atoms in total. The second-order valence-corrected chi connectivity index (χ2v) is 8.01. The molecule has 0 aliphatic carbocycles. The van der Waals surface area contributed by atoms with Gasteiger partial charge in [-0.05, 0) is 57.3 Å². The van der Waals surface area contributed by atoms with E-state index in [1.54, 1.807) is 19.0 Å². The Labute approximate surface area is 188 Å². The van der Waals surface area contributed by atoms with Crippen LogP contribution in [0, 0.1) is 11.6 Å². The summed E-state index contributed by atoms with van der Waals surface area (Å²) in [5.41, 5.74) is 1.95. The molecule has 1 heterocycles. The van der Waals surface area contributed by atoms with Crippen LogP contribution in [0.25, 0.3) is 0 Å². The van der Waals surface area contributed by atoms with Gasteiger partial charge in [-0.25, -0.2) is 13.8 Å². The fraction of sp³-hybridized carbons (Fsp3) is 0.417. The zero-order valence-corrected chi connectivity index (χ0v) is 18.9. The number of halogens is 2. The van der Waals surface area contributed by atoms with E-state index < -0.39 is 17.7 Å². The highest BCUT2D eigenvalue weighted by Gasteiger charge is 2.23. The monoisotopic (exact) mass is 443 g/mol. The molecule has 2 aromatic rings. The summed E-state index contributed by atoms with van der Waals surface area (Å²) in [4.78, 5) is 20.1. The van der Waals surface area contributed by atoms with E-state index in [0.717, 1.165) is 24.2 Å². The first-order valence-electron chi connectivity index (χ1n) is 10.9. The Hall–Kier alpha value is -3.00. The Bertz CT molecular complexity index is 926. The van der Waals surface area contributed by atoms with Gasteiger partial charge >= 0.3 is 0 Å². The molecular formula is C24H31F2N5O. The predicted molar refractivity (Wildman–Crippen MR) is 124 cm³/mol. The molecule has 0 spiro atoms. The number of benzene rings is 2. The van der Waals surface area contributed by atoms with E-state index in [1.807, 2.05) is 36.1 Å². The van der Waals surface area contributed by atoms with Gasteiger partial charge in [-0.3, -0.25) is 4.79 Å². The quantitative estimate of drug-likeness (QED) is 0.485. The van der Waals surface area contributed by atoms with Crippen LogP contribution >= 0.6 is 0 Å². The van der Waals surface area contributed by atoms with E-state index in [-0.39, 0.29) is 18.0 Å². The predicted octanol–water partition coefficient (Wildman–Crippen LogP) is 3.45. The molecule has 3 rings (SSSR count). The fourth-order valence-corrected chi connectivity index (χ4v) is 3.78. The molecule has 1 atom stereocenters. The Morgan fingerprint density at radius 1 is 1.12 bits per heavy atom. The summed E-state index contributed by atoms with van der Waals surface area (Å²) in [6, 6.07) is 11.2. The Morgan fingerprint density at radius 2 is 1.81 bits per heavy atom. The van der Waals surface area contributed by atoms with Gasteiger partial charge in [0.25, 0.3) is 0 Å². The molecule has 1 aliphatic heterocycles. The smallest absolute Gasteiger partial charge is 0.227 e. The maximum absolute atomic E-state index is 14.3. The average molecular weight is 444 g/mol. The molecule has 0 bridgehead atoms. The Kier molecular flexibility index (Phi) is 8.16. The highest BCUT2D eigenvalue weighted by atomic mass is 19.1. The zero-order chi connectivity index (χ0) is 23.1. The normalized spacial score (nSPS) is 15.4. The molecule has 2 aromatic carbocycles. The number of guanidine groups is 1. The lowest BCUT2D eigenvalue weighted by atomic mass is 10.0. The minimum atomic E-state index is -0.566. The van der Waals surface area contributed by atoms with Crippen molar-refractivity contribution < 1.29 is 13.6 Å². The largest absolute Gasteiger partial charge is 0.357 e. The highest BCUT2D eigenvalue weighted by molar-refractivity contribution is 5.95. The lowest BCUT2D eigenvalue weighted by Crippen LogP contribution is -2.42. The van der Waals surface area contributed by atoms with E-state index in [9.17, 15) is 13.6 Å². The van der Waals surface area contributed by atoms with Crippen molar-refractivity contribution in [3.05, 3.63) is 65.2 Å². The van der Waals surface area contributed by atoms with Crippen LogP contribution in [0.2, 0.25) is 0 Å². The number of nitrogens with one attached hydrogen (secondary N) is 2. The third-order valence-electron chi connectivity index (χ3n) is 5.50. The summed E-state index contributed by atoms with van der Waals surface area (Å²) < 4.78 is 28.6. The van der Waals surface area contributed by atoms with Crippen LogP contribution in [0.15, 0.2) is 47.5 Å². The number of likely N-dealkylation sites (N-methyl/N-ethyl adjacent to an activating group) is 1. The fourth-order valence-electron chi connectivity index (χ4n) is 3.78. The van der Waals surface area contributed by atoms with Crippen LogP contribution in [0.1, 0.15) is 36.9 Å². The van der Waals surface area contributed by atoms with Gasteiger partial charge in [0.15, 0.2) is 5.96 Å². The van der Waals surface area contributed by atoms with Gasteiger partial charge in [-0.2, -0.15) is 0 Å². The zero-order valence-electron chi connectivity index (χ0n) is 18.9. The summed E-state index contributed by atoms with van der Waals surface area (Å²) in [5.74, 6) is -0.404. The summed E-state index contributed by atoms with van der Waals surface area (Å²) in [6.07, 6.45) is 1.50. The molecule has 2 N–H and O–H groups in total. The number of anilines is 1. The topological polar surface area (TPSA) is 60.0 Å². The molecule has 32 heavy (non-hydrogen) atoms. The first-order chi connectivity index (χ1) is 15.4. The van der Waals surface area contributed by atoms with Crippen molar-refractivity contribution in [2.75, 3.05) is 38.6 Å². The molecule has 1 aliphatic rings. The van der Waals surface area contributed by atoms with Crippen LogP contribution in [0.4, 0.5) is 14.5 Å². The maximum Gasteiger partial charge on any atom is 0.227 e. The number of carbonyl (C=O) groups excluding carboxylic acids is 1. The first kappa shape index (κ1) is 23.7. The molecule has 1 fully saturated rings. The standard InChI is InChI=1S/C24H31F2N5O/c1-4-27-24(29-16-21(30(2)3)23-19(25)7-5-8-20(23)26)28-15-17-10-12-18(13-11-17)31-14-6-9-22(31)32/h5,7-8,10-13,21H,4,6,9,14-16H2,1-3H3,(H2,27,28,29). The van der Waals surface area contributed by atoms with Gasteiger partial charge in [0, 0.05) is 37.3 Å². The van der Waals surface area contributed by atoms with Gasteiger partial charge in [0.1, 0.15) is 11.6 Å². The van der Waals surface area contributed by atoms with Crippen molar-refractivity contribution in [2.45, 2.75) is 32.4 Å². The first-order valence-corrected chi connectivity index (χ1v) is 10.9. The number of nitrogens with zero attached hydrogens (tertiary/aromatic N) is 3. The van der Waals surface area contributed by atoms with E-state index in [0.29, 0.717) is 25.5 Å². The van der Waals surface area contributed by atoms with Crippen LogP contribution in [0.3, 0.4) is 0 Å². The average Bonchev–Trinajstić information content (AvgIpc) is 3.19. The minimum Gasteiger partial charge on any atom is -0.357 e. The van der Waals surface area contributed by atoms with E-state index in [4.69, 9.17) is 0 Å². The molecular weight excluding hydrogens is 412 g/mol. The Balaban J connectivity index is 1.67. The van der Waals surface area contributed by atoms with Crippen molar-refractivity contribution in [3.63, 3.8) is 0 Å². The molecule has 1 unspecified atom stereocenters. The van der Waals surface area contributed by atoms with Crippen molar-refractivity contribution in [3.8, 4) is 0 Å². The number of hydrogen-bond acceptors (Lipinski definition) is 3. The molecule has 0 aromatic heterocycles. The summed E-state index contributed by atoms with van der Waals surface area (Å²) in [5, 5.41) is 6.37. The van der Waals surface area contributed by atoms with Gasteiger partial charge in [0.05, 0.1) is 12.6 Å². The molecule has 0 radical (unpaired) electrons. The third kappa shape index (κ3) is 5.82. The Morgan fingerprint density at radius 3 is 2.38 bits per heavy atom. The van der Waals surface area contributed by atoms with Crippen molar-refractivity contribution >= 4 is 17.6 Å². The minimum absolute atomic E-state index is 0.0351.